The van der Waals surface area contributed by atoms with Crippen molar-refractivity contribution in [2.75, 3.05) is 14.2 Å². The van der Waals surface area contributed by atoms with Gasteiger partial charge in [-0.1, -0.05) is 6.07 Å². The van der Waals surface area contributed by atoms with E-state index in [1.165, 1.54) is 6.33 Å². The lowest BCUT2D eigenvalue weighted by molar-refractivity contribution is 0.355. The van der Waals surface area contributed by atoms with Crippen molar-refractivity contribution in [3.05, 3.63) is 66.6 Å². The van der Waals surface area contributed by atoms with Crippen LogP contribution in [0, 0.1) is 6.92 Å². The monoisotopic (exact) mass is 376 g/mol. The predicted octanol–water partition coefficient (Wildman–Crippen LogP) is 2.90. The van der Waals surface area contributed by atoms with Crippen molar-refractivity contribution in [3.63, 3.8) is 0 Å². The van der Waals surface area contributed by atoms with Crippen molar-refractivity contribution in [1.29, 1.82) is 0 Å². The van der Waals surface area contributed by atoms with E-state index < -0.39 is 0 Å². The number of pyridine rings is 1. The summed E-state index contributed by atoms with van der Waals surface area (Å²) in [5.74, 6) is 2.85. The number of rotatable bonds is 6. The Morgan fingerprint density at radius 2 is 1.96 bits per heavy atom. The summed E-state index contributed by atoms with van der Waals surface area (Å²) in [5, 5.41) is 4.20. The zero-order valence-electron chi connectivity index (χ0n) is 15.9. The smallest absolute Gasteiger partial charge is 0.171 e. The third-order valence-corrected chi connectivity index (χ3v) is 4.42. The molecule has 8 nitrogen and oxygen atoms in total. The Bertz CT molecular complexity index is 1090. The molecule has 0 fully saturated rings. The van der Waals surface area contributed by atoms with Crippen LogP contribution in [0.4, 0.5) is 0 Å². The van der Waals surface area contributed by atoms with E-state index in [0.29, 0.717) is 18.0 Å². The maximum Gasteiger partial charge on any atom is 0.171 e. The van der Waals surface area contributed by atoms with Crippen LogP contribution >= 0.6 is 0 Å². The fourth-order valence-electron chi connectivity index (χ4n) is 3.21. The maximum atomic E-state index is 5.62. The largest absolute Gasteiger partial charge is 0.493 e. The SMILES string of the molecule is COc1cc(C)cc(-c2nccn2Cc2cccnc2-n2cncn2)c1OC. The Labute approximate surface area is 162 Å². The van der Waals surface area contributed by atoms with Gasteiger partial charge in [0, 0.05) is 24.2 Å². The molecule has 0 bridgehead atoms. The molecular weight excluding hydrogens is 356 g/mol. The van der Waals surface area contributed by atoms with E-state index in [9.17, 15) is 0 Å². The van der Waals surface area contributed by atoms with Crippen LogP contribution in [0.15, 0.2) is 55.5 Å². The molecule has 0 aliphatic rings. The van der Waals surface area contributed by atoms with Gasteiger partial charge >= 0.3 is 0 Å². The average molecular weight is 376 g/mol. The number of imidazole rings is 1. The molecule has 0 N–H and O–H groups in total. The minimum absolute atomic E-state index is 0.567. The lowest BCUT2D eigenvalue weighted by Gasteiger charge is -2.16. The van der Waals surface area contributed by atoms with Crippen molar-refractivity contribution in [2.24, 2.45) is 0 Å². The van der Waals surface area contributed by atoms with Gasteiger partial charge in [-0.2, -0.15) is 5.10 Å². The van der Waals surface area contributed by atoms with Gasteiger partial charge in [0.15, 0.2) is 17.3 Å². The molecule has 8 heteroatoms. The zero-order valence-corrected chi connectivity index (χ0v) is 15.9. The second kappa shape index (κ2) is 7.51. The predicted molar refractivity (Wildman–Crippen MR) is 104 cm³/mol. The third-order valence-electron chi connectivity index (χ3n) is 4.42. The molecule has 0 saturated heterocycles. The summed E-state index contributed by atoms with van der Waals surface area (Å²) in [7, 11) is 3.27. The molecule has 1 aromatic carbocycles. The first-order valence-corrected chi connectivity index (χ1v) is 8.74. The van der Waals surface area contributed by atoms with Crippen LogP contribution in [0.2, 0.25) is 0 Å². The summed E-state index contributed by atoms with van der Waals surface area (Å²) in [6.07, 6.45) is 8.57. The van der Waals surface area contributed by atoms with E-state index in [4.69, 9.17) is 9.47 Å². The van der Waals surface area contributed by atoms with Crippen molar-refractivity contribution < 1.29 is 9.47 Å². The Kier molecular flexibility index (Phi) is 4.76. The van der Waals surface area contributed by atoms with Gasteiger partial charge in [0.1, 0.15) is 18.5 Å². The second-order valence-electron chi connectivity index (χ2n) is 6.25. The van der Waals surface area contributed by atoms with Crippen LogP contribution in [0.1, 0.15) is 11.1 Å². The minimum atomic E-state index is 0.567. The van der Waals surface area contributed by atoms with E-state index in [0.717, 1.165) is 28.3 Å². The summed E-state index contributed by atoms with van der Waals surface area (Å²) in [6, 6.07) is 7.91. The molecule has 0 radical (unpaired) electrons. The first-order valence-electron chi connectivity index (χ1n) is 8.74. The van der Waals surface area contributed by atoms with Crippen LogP contribution in [0.25, 0.3) is 17.2 Å². The van der Waals surface area contributed by atoms with Crippen molar-refractivity contribution in [1.82, 2.24) is 29.3 Å². The first-order chi connectivity index (χ1) is 13.7. The van der Waals surface area contributed by atoms with E-state index in [-0.39, 0.29) is 0 Å². The molecule has 3 aromatic heterocycles. The Morgan fingerprint density at radius 3 is 2.71 bits per heavy atom. The molecule has 4 aromatic rings. The molecule has 0 spiro atoms. The van der Waals surface area contributed by atoms with E-state index in [2.05, 4.69) is 20.1 Å². The lowest BCUT2D eigenvalue weighted by atomic mass is 10.1. The molecule has 0 aliphatic heterocycles. The van der Waals surface area contributed by atoms with E-state index in [1.54, 1.807) is 37.6 Å². The molecule has 4 rings (SSSR count). The molecule has 0 aliphatic carbocycles. The highest BCUT2D eigenvalue weighted by atomic mass is 16.5. The molecule has 0 amide bonds. The summed E-state index contributed by atoms with van der Waals surface area (Å²) in [6.45, 7) is 2.58. The second-order valence-corrected chi connectivity index (χ2v) is 6.25. The number of hydrogen-bond acceptors (Lipinski definition) is 6. The molecule has 0 atom stereocenters. The minimum Gasteiger partial charge on any atom is -0.493 e. The Hall–Kier alpha value is -3.68. The normalized spacial score (nSPS) is 10.8. The van der Waals surface area contributed by atoms with Gasteiger partial charge in [-0.15, -0.1) is 0 Å². The average Bonchev–Trinajstić information content (AvgIpc) is 3.40. The number of nitrogens with zero attached hydrogens (tertiary/aromatic N) is 6. The van der Waals surface area contributed by atoms with Crippen molar-refractivity contribution in [2.45, 2.75) is 13.5 Å². The summed E-state index contributed by atoms with van der Waals surface area (Å²) >= 11 is 0. The van der Waals surface area contributed by atoms with Crippen LogP contribution in [-0.2, 0) is 6.54 Å². The highest BCUT2D eigenvalue weighted by molar-refractivity contribution is 5.70. The summed E-state index contributed by atoms with van der Waals surface area (Å²) in [4.78, 5) is 13.0. The van der Waals surface area contributed by atoms with Gasteiger partial charge in [0.25, 0.3) is 0 Å². The number of aromatic nitrogens is 6. The number of methoxy groups -OCH3 is 2. The van der Waals surface area contributed by atoms with Gasteiger partial charge in [-0.05, 0) is 30.7 Å². The highest BCUT2D eigenvalue weighted by Gasteiger charge is 2.18. The van der Waals surface area contributed by atoms with Crippen LogP contribution in [0.5, 0.6) is 11.5 Å². The Balaban J connectivity index is 1.78. The first kappa shape index (κ1) is 17.7. The van der Waals surface area contributed by atoms with E-state index in [1.807, 2.05) is 42.0 Å². The zero-order chi connectivity index (χ0) is 19.5. The van der Waals surface area contributed by atoms with Gasteiger partial charge < -0.3 is 14.0 Å². The van der Waals surface area contributed by atoms with Crippen LogP contribution in [0.3, 0.4) is 0 Å². The number of ether oxygens (including phenoxy) is 2. The van der Waals surface area contributed by atoms with Gasteiger partial charge in [0.05, 0.1) is 26.3 Å². The topological polar surface area (TPSA) is 79.9 Å². The number of aryl methyl sites for hydroxylation is 1. The molecule has 3 heterocycles. The maximum absolute atomic E-state index is 5.62. The summed E-state index contributed by atoms with van der Waals surface area (Å²) < 4.78 is 14.8. The van der Waals surface area contributed by atoms with Gasteiger partial charge in [0.2, 0.25) is 0 Å². The molecule has 28 heavy (non-hydrogen) atoms. The van der Waals surface area contributed by atoms with Gasteiger partial charge in [-0.25, -0.2) is 19.6 Å². The standard InChI is InChI=1S/C20H20N6O2/c1-14-9-16(18(28-3)17(10-14)27-2)20-23-7-8-25(20)11-15-5-4-6-22-19(15)26-13-21-12-24-26/h4-10,12-13H,11H2,1-3H3. The third kappa shape index (κ3) is 3.20. The van der Waals surface area contributed by atoms with Crippen LogP contribution < -0.4 is 9.47 Å². The highest BCUT2D eigenvalue weighted by Crippen LogP contribution is 2.38. The quantitative estimate of drug-likeness (QED) is 0.515. The van der Waals surface area contributed by atoms with Crippen molar-refractivity contribution in [3.8, 4) is 28.7 Å². The van der Waals surface area contributed by atoms with E-state index >= 15 is 0 Å². The summed E-state index contributed by atoms with van der Waals surface area (Å²) in [5.41, 5.74) is 2.92. The molecule has 0 saturated carbocycles. The Morgan fingerprint density at radius 1 is 1.07 bits per heavy atom. The van der Waals surface area contributed by atoms with Gasteiger partial charge in [-0.3, -0.25) is 0 Å². The number of benzene rings is 1. The molecule has 0 unspecified atom stereocenters. The fourth-order valence-corrected chi connectivity index (χ4v) is 3.21. The van der Waals surface area contributed by atoms with Crippen molar-refractivity contribution >= 4 is 0 Å². The van der Waals surface area contributed by atoms with Crippen LogP contribution in [-0.4, -0.2) is 43.5 Å². The fraction of sp³-hybridized carbons (Fsp3) is 0.200. The molecule has 142 valence electrons. The lowest BCUT2D eigenvalue weighted by Crippen LogP contribution is -2.08. The number of hydrogen-bond donors (Lipinski definition) is 0. The molecular formula is C20H20N6O2.